The van der Waals surface area contributed by atoms with Gasteiger partial charge in [-0.2, -0.15) is 0 Å². The fourth-order valence-electron chi connectivity index (χ4n) is 3.14. The first-order chi connectivity index (χ1) is 13.3. The minimum atomic E-state index is -0.548. The molecule has 0 bridgehead atoms. The SMILES string of the molecule is Cc1cccc(CN)c1C1OC=C(N(c2ccccc2)c2ccncn2)O1. The van der Waals surface area contributed by atoms with Crippen molar-refractivity contribution in [3.8, 4) is 0 Å². The zero-order valence-electron chi connectivity index (χ0n) is 14.9. The van der Waals surface area contributed by atoms with Crippen LogP contribution in [0.5, 0.6) is 0 Å². The van der Waals surface area contributed by atoms with E-state index in [9.17, 15) is 0 Å². The standard InChI is InChI=1S/C21H20N4O2/c1-15-6-5-7-16(12-22)20(15)21-26-13-19(27-21)25(17-8-3-2-4-9-17)18-10-11-23-14-24-18/h2-11,13-14,21H,12,22H2,1H3. The Morgan fingerprint density at radius 2 is 1.93 bits per heavy atom. The van der Waals surface area contributed by atoms with Crippen LogP contribution in [0.1, 0.15) is 23.0 Å². The molecule has 0 amide bonds. The Bertz CT molecular complexity index is 905. The summed E-state index contributed by atoms with van der Waals surface area (Å²) >= 11 is 0. The van der Waals surface area contributed by atoms with Gasteiger partial charge >= 0.3 is 0 Å². The van der Waals surface area contributed by atoms with Crippen LogP contribution in [0.4, 0.5) is 11.5 Å². The number of anilines is 2. The number of benzene rings is 2. The molecular weight excluding hydrogens is 340 g/mol. The summed E-state index contributed by atoms with van der Waals surface area (Å²) in [5, 5.41) is 0. The number of hydrogen-bond acceptors (Lipinski definition) is 6. The van der Waals surface area contributed by atoms with Crippen molar-refractivity contribution in [2.45, 2.75) is 19.8 Å². The van der Waals surface area contributed by atoms with Crippen LogP contribution in [0, 0.1) is 6.92 Å². The van der Waals surface area contributed by atoms with Gasteiger partial charge in [-0.1, -0.05) is 36.4 Å². The van der Waals surface area contributed by atoms with Crippen LogP contribution < -0.4 is 10.6 Å². The lowest BCUT2D eigenvalue weighted by atomic mass is 10.0. The largest absolute Gasteiger partial charge is 0.453 e. The average molecular weight is 360 g/mol. The molecule has 1 atom stereocenters. The molecule has 0 spiro atoms. The summed E-state index contributed by atoms with van der Waals surface area (Å²) in [6.07, 6.45) is 4.27. The minimum Gasteiger partial charge on any atom is -0.453 e. The molecule has 2 heterocycles. The normalized spacial score (nSPS) is 15.6. The minimum absolute atomic E-state index is 0.421. The van der Waals surface area contributed by atoms with Crippen molar-refractivity contribution in [2.75, 3.05) is 4.90 Å². The van der Waals surface area contributed by atoms with E-state index in [1.54, 1.807) is 12.5 Å². The highest BCUT2D eigenvalue weighted by molar-refractivity contribution is 5.64. The van der Waals surface area contributed by atoms with E-state index in [1.807, 2.05) is 66.4 Å². The summed E-state index contributed by atoms with van der Waals surface area (Å²) in [5.41, 5.74) is 9.86. The average Bonchev–Trinajstić information content (AvgIpc) is 3.18. The molecule has 0 fully saturated rings. The van der Waals surface area contributed by atoms with E-state index in [0.29, 0.717) is 18.2 Å². The second-order valence-corrected chi connectivity index (χ2v) is 6.13. The van der Waals surface area contributed by atoms with Crippen molar-refractivity contribution in [1.82, 2.24) is 9.97 Å². The fourth-order valence-corrected chi connectivity index (χ4v) is 3.14. The number of ether oxygens (including phenoxy) is 2. The van der Waals surface area contributed by atoms with Gasteiger partial charge in [0.1, 0.15) is 18.4 Å². The van der Waals surface area contributed by atoms with Crippen molar-refractivity contribution < 1.29 is 9.47 Å². The molecule has 6 heteroatoms. The third-order valence-corrected chi connectivity index (χ3v) is 4.42. The maximum absolute atomic E-state index is 6.19. The zero-order chi connectivity index (χ0) is 18.6. The van der Waals surface area contributed by atoms with Crippen LogP contribution in [0.2, 0.25) is 0 Å². The summed E-state index contributed by atoms with van der Waals surface area (Å²) in [6, 6.07) is 17.7. The summed E-state index contributed by atoms with van der Waals surface area (Å²) in [4.78, 5) is 10.3. The van der Waals surface area contributed by atoms with E-state index in [0.717, 1.165) is 22.4 Å². The Labute approximate surface area is 157 Å². The van der Waals surface area contributed by atoms with Crippen LogP contribution in [0.25, 0.3) is 0 Å². The maximum Gasteiger partial charge on any atom is 0.269 e. The lowest BCUT2D eigenvalue weighted by Gasteiger charge is -2.24. The highest BCUT2D eigenvalue weighted by Gasteiger charge is 2.30. The van der Waals surface area contributed by atoms with Gasteiger partial charge in [0.25, 0.3) is 6.29 Å². The first-order valence-electron chi connectivity index (χ1n) is 8.70. The Morgan fingerprint density at radius 1 is 1.07 bits per heavy atom. The predicted octanol–water partition coefficient (Wildman–Crippen LogP) is 3.93. The van der Waals surface area contributed by atoms with Crippen LogP contribution in [0.3, 0.4) is 0 Å². The number of aryl methyl sites for hydroxylation is 1. The Kier molecular flexibility index (Phi) is 4.72. The first-order valence-corrected chi connectivity index (χ1v) is 8.70. The molecule has 3 aromatic rings. The van der Waals surface area contributed by atoms with Gasteiger partial charge in [0.05, 0.1) is 5.69 Å². The van der Waals surface area contributed by atoms with E-state index in [2.05, 4.69) is 9.97 Å². The lowest BCUT2D eigenvalue weighted by molar-refractivity contribution is -0.0352. The van der Waals surface area contributed by atoms with Crippen molar-refractivity contribution in [3.05, 3.63) is 96.0 Å². The molecule has 6 nitrogen and oxygen atoms in total. The van der Waals surface area contributed by atoms with E-state index in [4.69, 9.17) is 15.2 Å². The van der Waals surface area contributed by atoms with Gasteiger partial charge in [-0.25, -0.2) is 9.97 Å². The smallest absolute Gasteiger partial charge is 0.269 e. The van der Waals surface area contributed by atoms with Gasteiger partial charge in [0.15, 0.2) is 0 Å². The molecule has 2 aromatic carbocycles. The molecule has 136 valence electrons. The predicted molar refractivity (Wildman–Crippen MR) is 103 cm³/mol. The van der Waals surface area contributed by atoms with Crippen LogP contribution in [0.15, 0.2) is 79.3 Å². The highest BCUT2D eigenvalue weighted by Crippen LogP contribution is 2.38. The van der Waals surface area contributed by atoms with Gasteiger partial charge in [-0.3, -0.25) is 4.90 Å². The number of nitrogens with zero attached hydrogens (tertiary/aromatic N) is 3. The number of rotatable bonds is 5. The summed E-state index contributed by atoms with van der Waals surface area (Å²) in [7, 11) is 0. The molecule has 0 aliphatic carbocycles. The van der Waals surface area contributed by atoms with Crippen molar-refractivity contribution in [2.24, 2.45) is 5.73 Å². The second-order valence-electron chi connectivity index (χ2n) is 6.13. The highest BCUT2D eigenvalue weighted by atomic mass is 16.7. The molecule has 0 radical (unpaired) electrons. The summed E-state index contributed by atoms with van der Waals surface area (Å²) in [6.45, 7) is 2.45. The molecule has 0 saturated heterocycles. The number of hydrogen-bond donors (Lipinski definition) is 1. The molecule has 0 saturated carbocycles. The third-order valence-electron chi connectivity index (χ3n) is 4.42. The topological polar surface area (TPSA) is 73.5 Å². The van der Waals surface area contributed by atoms with Crippen molar-refractivity contribution in [1.29, 1.82) is 0 Å². The molecule has 1 aliphatic rings. The Balaban J connectivity index is 1.68. The molecule has 1 unspecified atom stereocenters. The number of para-hydroxylation sites is 1. The summed E-state index contributed by atoms with van der Waals surface area (Å²) < 4.78 is 12.1. The van der Waals surface area contributed by atoms with Crippen LogP contribution >= 0.6 is 0 Å². The van der Waals surface area contributed by atoms with Gasteiger partial charge in [0, 0.05) is 18.3 Å². The van der Waals surface area contributed by atoms with Gasteiger partial charge in [-0.05, 0) is 36.2 Å². The Hall–Kier alpha value is -3.38. The number of aromatic nitrogens is 2. The van der Waals surface area contributed by atoms with Gasteiger partial charge < -0.3 is 15.2 Å². The van der Waals surface area contributed by atoms with Gasteiger partial charge in [-0.15, -0.1) is 0 Å². The Morgan fingerprint density at radius 3 is 2.67 bits per heavy atom. The lowest BCUT2D eigenvalue weighted by Crippen LogP contribution is -2.19. The second kappa shape index (κ2) is 7.47. The number of nitrogens with two attached hydrogens (primary N) is 1. The maximum atomic E-state index is 6.19. The van der Waals surface area contributed by atoms with E-state index in [1.165, 1.54) is 6.33 Å². The van der Waals surface area contributed by atoms with E-state index in [-0.39, 0.29) is 0 Å². The van der Waals surface area contributed by atoms with Crippen LogP contribution in [-0.4, -0.2) is 9.97 Å². The van der Waals surface area contributed by atoms with E-state index >= 15 is 0 Å². The van der Waals surface area contributed by atoms with E-state index < -0.39 is 6.29 Å². The zero-order valence-corrected chi connectivity index (χ0v) is 14.9. The van der Waals surface area contributed by atoms with Crippen molar-refractivity contribution in [3.63, 3.8) is 0 Å². The molecule has 4 rings (SSSR count). The molecule has 27 heavy (non-hydrogen) atoms. The fraction of sp³-hybridized carbons (Fsp3) is 0.143. The monoisotopic (exact) mass is 360 g/mol. The third kappa shape index (κ3) is 3.35. The quantitative estimate of drug-likeness (QED) is 0.743. The summed E-state index contributed by atoms with van der Waals surface area (Å²) in [5.74, 6) is 1.24. The van der Waals surface area contributed by atoms with Crippen molar-refractivity contribution >= 4 is 11.5 Å². The molecular formula is C21H20N4O2. The first kappa shape index (κ1) is 17.1. The van der Waals surface area contributed by atoms with Crippen LogP contribution in [-0.2, 0) is 16.0 Å². The molecule has 1 aromatic heterocycles. The molecule has 1 aliphatic heterocycles. The molecule has 2 N–H and O–H groups in total. The van der Waals surface area contributed by atoms with Gasteiger partial charge in [0.2, 0.25) is 5.88 Å².